The van der Waals surface area contributed by atoms with E-state index in [4.69, 9.17) is 37.9 Å². The van der Waals surface area contributed by atoms with E-state index in [-0.39, 0.29) is 6.61 Å². The first-order chi connectivity index (χ1) is 18.9. The summed E-state index contributed by atoms with van der Waals surface area (Å²) in [5.41, 5.74) is 0.899. The maximum absolute atomic E-state index is 12.1. The van der Waals surface area contributed by atoms with Gasteiger partial charge in [0, 0.05) is 27.7 Å². The van der Waals surface area contributed by atoms with Crippen LogP contribution in [0.1, 0.15) is 54.0 Å². The highest BCUT2D eigenvalue weighted by molar-refractivity contribution is 5.68. The second kappa shape index (κ2) is 14.0. The Balaban J connectivity index is 1.98. The van der Waals surface area contributed by atoms with Gasteiger partial charge in [0.05, 0.1) is 24.9 Å². The number of benzene rings is 1. The Labute approximate surface area is 233 Å². The topological polar surface area (TPSA) is 142 Å². The van der Waals surface area contributed by atoms with Gasteiger partial charge in [-0.25, -0.2) is 0 Å². The van der Waals surface area contributed by atoms with E-state index in [9.17, 15) is 19.2 Å². The fourth-order valence-corrected chi connectivity index (χ4v) is 4.96. The molecule has 0 amide bonds. The molecular weight excluding hydrogens is 528 g/mol. The molecule has 3 rings (SSSR count). The molecule has 0 spiro atoms. The van der Waals surface area contributed by atoms with Crippen molar-refractivity contribution >= 4 is 23.9 Å². The number of rotatable bonds is 9. The number of hydrogen-bond acceptors (Lipinski definition) is 12. The highest BCUT2D eigenvalue weighted by atomic mass is 16.7. The second-order valence-corrected chi connectivity index (χ2v) is 9.91. The average Bonchev–Trinajstić information content (AvgIpc) is 2.85. The Kier molecular flexibility index (Phi) is 11.0. The van der Waals surface area contributed by atoms with Crippen LogP contribution < -0.4 is 0 Å². The van der Waals surface area contributed by atoms with Gasteiger partial charge in [-0.2, -0.15) is 0 Å². The second-order valence-electron chi connectivity index (χ2n) is 9.91. The van der Waals surface area contributed by atoms with E-state index < -0.39 is 85.1 Å². The highest BCUT2D eigenvalue weighted by Gasteiger charge is 2.54. The number of carbonyl (C=O) groups excluding carboxylic acids is 4. The zero-order valence-electron chi connectivity index (χ0n) is 23.8. The first kappa shape index (κ1) is 31.5. The van der Waals surface area contributed by atoms with E-state index in [1.807, 2.05) is 30.3 Å². The molecule has 10 atom stereocenters. The van der Waals surface area contributed by atoms with Gasteiger partial charge in [0.15, 0.2) is 30.7 Å². The van der Waals surface area contributed by atoms with Crippen LogP contribution in [0.3, 0.4) is 0 Å². The molecule has 1 aromatic rings. The van der Waals surface area contributed by atoms with Gasteiger partial charge < -0.3 is 37.9 Å². The minimum atomic E-state index is -1.33. The number of hydrogen-bond donors (Lipinski definition) is 0. The lowest BCUT2D eigenvalue weighted by Gasteiger charge is -2.48. The van der Waals surface area contributed by atoms with E-state index in [0.29, 0.717) is 0 Å². The van der Waals surface area contributed by atoms with Crippen molar-refractivity contribution in [3.8, 4) is 0 Å². The van der Waals surface area contributed by atoms with Crippen LogP contribution in [0.2, 0.25) is 0 Å². The van der Waals surface area contributed by atoms with Gasteiger partial charge >= 0.3 is 23.9 Å². The van der Waals surface area contributed by atoms with Crippen LogP contribution in [0.4, 0.5) is 0 Å². The van der Waals surface area contributed by atoms with Crippen molar-refractivity contribution in [1.82, 2.24) is 0 Å². The van der Waals surface area contributed by atoms with Gasteiger partial charge in [-0.15, -0.1) is 0 Å². The molecule has 0 aliphatic carbocycles. The lowest BCUT2D eigenvalue weighted by Crippen LogP contribution is -2.65. The Morgan fingerprint density at radius 2 is 1.05 bits per heavy atom. The molecule has 0 N–H and O–H groups in total. The van der Waals surface area contributed by atoms with Crippen LogP contribution in [0.15, 0.2) is 30.3 Å². The maximum Gasteiger partial charge on any atom is 0.303 e. The zero-order chi connectivity index (χ0) is 29.6. The van der Waals surface area contributed by atoms with Crippen LogP contribution in [-0.4, -0.2) is 85.1 Å². The maximum atomic E-state index is 12.1. The number of ether oxygens (including phenoxy) is 8. The first-order valence-electron chi connectivity index (χ1n) is 13.2. The molecule has 40 heavy (non-hydrogen) atoms. The smallest absolute Gasteiger partial charge is 0.303 e. The fraction of sp³-hybridized carbons (Fsp3) is 0.643. The Hall–Kier alpha value is -3.06. The Bertz CT molecular complexity index is 1030. The molecule has 0 saturated carbocycles. The summed E-state index contributed by atoms with van der Waals surface area (Å²) in [4.78, 5) is 48.1. The average molecular weight is 567 g/mol. The fourth-order valence-electron chi connectivity index (χ4n) is 4.96. The molecular formula is C28H38O12. The highest BCUT2D eigenvalue weighted by Crippen LogP contribution is 2.35. The summed E-state index contributed by atoms with van der Waals surface area (Å²) < 4.78 is 46.7. The number of esters is 4. The summed E-state index contributed by atoms with van der Waals surface area (Å²) in [6, 6.07) is 9.45. The van der Waals surface area contributed by atoms with E-state index >= 15 is 0 Å². The van der Waals surface area contributed by atoms with Gasteiger partial charge in [0.25, 0.3) is 0 Å². The summed E-state index contributed by atoms with van der Waals surface area (Å²) in [7, 11) is 0. The van der Waals surface area contributed by atoms with Crippen LogP contribution in [0.5, 0.6) is 0 Å². The standard InChI is InChI=1S/C28H38O12/c1-14-22(33-13-21-11-9-8-10-12-21)25(23(15(2)34-14)36-17(4)29)40-28-27(39-20(7)32)26(38-19(6)31)24(16(3)35-28)37-18(5)30/h8-12,14-16,22-28H,13H2,1-7H3/t14?,15-,16?,22-,23-,24-,25?,26?,27+,28-/m0/s1. The lowest BCUT2D eigenvalue weighted by atomic mass is 9.94. The van der Waals surface area contributed by atoms with Gasteiger partial charge in [-0.3, -0.25) is 19.2 Å². The van der Waals surface area contributed by atoms with Gasteiger partial charge in [0.2, 0.25) is 0 Å². The molecule has 2 aliphatic rings. The summed E-state index contributed by atoms with van der Waals surface area (Å²) in [6.45, 7) is 10.2. The van der Waals surface area contributed by atoms with Crippen molar-refractivity contribution in [1.29, 1.82) is 0 Å². The SMILES string of the molecule is CC(=O)OC1[C@@H](OC(C)=O)C(C)O[C@@H](OC2[C@@H](OCc3ccccc3)C(C)O[C@@H](C)[C@@H]2OC(C)=O)[C@@H]1OC(C)=O. The molecule has 4 unspecified atom stereocenters. The van der Waals surface area contributed by atoms with Crippen molar-refractivity contribution in [2.75, 3.05) is 0 Å². The molecule has 2 saturated heterocycles. The molecule has 222 valence electrons. The van der Waals surface area contributed by atoms with Gasteiger partial charge in [-0.05, 0) is 26.3 Å². The third-order valence-electron chi connectivity index (χ3n) is 6.51. The number of carbonyl (C=O) groups is 4. The Morgan fingerprint density at radius 3 is 1.60 bits per heavy atom. The lowest BCUT2D eigenvalue weighted by molar-refractivity contribution is -0.340. The van der Waals surface area contributed by atoms with Crippen molar-refractivity contribution in [2.45, 2.75) is 116 Å². The third-order valence-corrected chi connectivity index (χ3v) is 6.51. The summed E-state index contributed by atoms with van der Waals surface area (Å²) in [5.74, 6) is -2.61. The van der Waals surface area contributed by atoms with E-state index in [1.54, 1.807) is 20.8 Å². The predicted octanol–water partition coefficient (Wildman–Crippen LogP) is 2.24. The normalized spacial score (nSPS) is 33.9. The quantitative estimate of drug-likeness (QED) is 0.319. The summed E-state index contributed by atoms with van der Waals surface area (Å²) in [6.07, 6.45) is -9.55. The largest absolute Gasteiger partial charge is 0.457 e. The van der Waals surface area contributed by atoms with Gasteiger partial charge in [-0.1, -0.05) is 30.3 Å². The third kappa shape index (κ3) is 8.23. The molecule has 0 aromatic heterocycles. The van der Waals surface area contributed by atoms with Crippen LogP contribution >= 0.6 is 0 Å². The molecule has 12 nitrogen and oxygen atoms in total. The summed E-state index contributed by atoms with van der Waals surface area (Å²) >= 11 is 0. The monoisotopic (exact) mass is 566 g/mol. The molecule has 12 heteroatoms. The van der Waals surface area contributed by atoms with E-state index in [1.165, 1.54) is 27.7 Å². The van der Waals surface area contributed by atoms with E-state index in [2.05, 4.69) is 0 Å². The minimum absolute atomic E-state index is 0.208. The van der Waals surface area contributed by atoms with Crippen molar-refractivity contribution in [3.05, 3.63) is 35.9 Å². The van der Waals surface area contributed by atoms with Gasteiger partial charge in [0.1, 0.15) is 12.2 Å². The first-order valence-corrected chi connectivity index (χ1v) is 13.2. The predicted molar refractivity (Wildman–Crippen MR) is 136 cm³/mol. The summed E-state index contributed by atoms with van der Waals surface area (Å²) in [5, 5.41) is 0. The van der Waals surface area contributed by atoms with Crippen LogP contribution in [0.25, 0.3) is 0 Å². The molecule has 2 heterocycles. The molecule has 1 aromatic carbocycles. The van der Waals surface area contributed by atoms with Crippen molar-refractivity contribution in [2.24, 2.45) is 0 Å². The molecule has 2 fully saturated rings. The van der Waals surface area contributed by atoms with E-state index in [0.717, 1.165) is 5.56 Å². The minimum Gasteiger partial charge on any atom is -0.457 e. The molecule has 0 radical (unpaired) electrons. The van der Waals surface area contributed by atoms with Crippen molar-refractivity contribution < 1.29 is 57.1 Å². The zero-order valence-corrected chi connectivity index (χ0v) is 23.8. The molecule has 2 aliphatic heterocycles. The molecule has 0 bridgehead atoms. The van der Waals surface area contributed by atoms with Crippen molar-refractivity contribution in [3.63, 3.8) is 0 Å². The van der Waals surface area contributed by atoms with Crippen LogP contribution in [-0.2, 0) is 63.7 Å². The van der Waals surface area contributed by atoms with Crippen LogP contribution in [0, 0.1) is 0 Å². The Morgan fingerprint density at radius 1 is 0.600 bits per heavy atom.